The number of nitrogens with zero attached hydrogens (tertiary/aromatic N) is 3. The Morgan fingerprint density at radius 3 is 2.69 bits per heavy atom. The Bertz CT molecular complexity index is 292. The molecule has 0 saturated carbocycles. The minimum atomic E-state index is -0.119. The van der Waals surface area contributed by atoms with Crippen LogP contribution >= 0.6 is 0 Å². The zero-order chi connectivity index (χ0) is 11.4. The van der Waals surface area contributed by atoms with Gasteiger partial charge in [0.2, 0.25) is 5.78 Å². The highest BCUT2D eigenvalue weighted by Gasteiger charge is 2.31. The van der Waals surface area contributed by atoms with Gasteiger partial charge in [-0.1, -0.05) is 0 Å². The molecule has 0 aromatic carbocycles. The van der Waals surface area contributed by atoms with Gasteiger partial charge in [0.15, 0.2) is 0 Å². The maximum absolute atomic E-state index is 11.1. The molecule has 16 heavy (non-hydrogen) atoms. The van der Waals surface area contributed by atoms with Crippen LogP contribution in [0.3, 0.4) is 0 Å². The van der Waals surface area contributed by atoms with E-state index in [2.05, 4.69) is 14.6 Å². The maximum atomic E-state index is 11.1. The van der Waals surface area contributed by atoms with E-state index in [9.17, 15) is 4.79 Å². The highest BCUT2D eigenvalue weighted by Crippen LogP contribution is 2.15. The first-order valence-electron chi connectivity index (χ1n) is 5.68. The van der Waals surface area contributed by atoms with Gasteiger partial charge in [-0.3, -0.25) is 14.6 Å². The molecule has 88 valence electrons. The van der Waals surface area contributed by atoms with Gasteiger partial charge < -0.3 is 9.58 Å². The van der Waals surface area contributed by atoms with E-state index in [4.69, 9.17) is 11.3 Å². The summed E-state index contributed by atoms with van der Waals surface area (Å²) < 4.78 is 5.38. The van der Waals surface area contributed by atoms with E-state index in [0.29, 0.717) is 12.6 Å². The third-order valence-electron chi connectivity index (χ3n) is 3.22. The van der Waals surface area contributed by atoms with Crippen LogP contribution in [-0.4, -0.2) is 74.1 Å². The van der Waals surface area contributed by atoms with Crippen molar-refractivity contribution in [2.24, 2.45) is 0 Å². The molecule has 0 spiro atoms. The Morgan fingerprint density at radius 2 is 2.12 bits per heavy atom. The van der Waals surface area contributed by atoms with Crippen molar-refractivity contribution in [2.75, 3.05) is 52.5 Å². The highest BCUT2D eigenvalue weighted by atomic mass is 16.5. The summed E-state index contributed by atoms with van der Waals surface area (Å²) in [7, 11) is 0. The Hall–Kier alpha value is -0.960. The smallest absolute Gasteiger partial charge is 0.274 e. The van der Waals surface area contributed by atoms with E-state index >= 15 is 0 Å². The van der Waals surface area contributed by atoms with Crippen molar-refractivity contribution in [2.45, 2.75) is 6.04 Å². The number of carbonyl (C=O) groups excluding carboxylic acids is 1. The molecule has 3 aliphatic rings. The second kappa shape index (κ2) is 5.39. The second-order valence-electron chi connectivity index (χ2n) is 4.36. The first-order chi connectivity index (χ1) is 7.79. The fourth-order valence-electron chi connectivity index (χ4n) is 2.33. The molecule has 3 saturated heterocycles. The predicted molar refractivity (Wildman–Crippen MR) is 59.1 cm³/mol. The number of ketones is 1. The summed E-state index contributed by atoms with van der Waals surface area (Å²) in [5.41, 5.74) is 0. The van der Waals surface area contributed by atoms with Crippen LogP contribution in [0.4, 0.5) is 0 Å². The molecule has 0 aromatic rings. The van der Waals surface area contributed by atoms with Crippen LogP contribution in [0.15, 0.2) is 0 Å². The zero-order valence-corrected chi connectivity index (χ0v) is 9.39. The van der Waals surface area contributed by atoms with Crippen molar-refractivity contribution in [1.29, 1.82) is 0 Å². The zero-order valence-electron chi connectivity index (χ0n) is 9.39. The summed E-state index contributed by atoms with van der Waals surface area (Å²) in [6.07, 6.45) is 0. The normalized spacial score (nSPS) is 32.3. The lowest BCUT2D eigenvalue weighted by atomic mass is 10.1. The third-order valence-corrected chi connectivity index (χ3v) is 3.22. The van der Waals surface area contributed by atoms with E-state index in [1.54, 1.807) is 0 Å². The van der Waals surface area contributed by atoms with Crippen molar-refractivity contribution in [3.05, 3.63) is 11.4 Å². The minimum absolute atomic E-state index is 0.0551. The first-order valence-corrected chi connectivity index (χ1v) is 5.68. The molecule has 0 N–H and O–H groups in total. The van der Waals surface area contributed by atoms with Gasteiger partial charge in [-0.2, -0.15) is 0 Å². The van der Waals surface area contributed by atoms with E-state index in [0.717, 1.165) is 32.7 Å². The van der Waals surface area contributed by atoms with Crippen LogP contribution in [0.5, 0.6) is 0 Å². The van der Waals surface area contributed by atoms with Crippen LogP contribution in [0.25, 0.3) is 4.85 Å². The van der Waals surface area contributed by atoms with Crippen molar-refractivity contribution in [3.8, 4) is 0 Å². The summed E-state index contributed by atoms with van der Waals surface area (Å²) >= 11 is 0. The van der Waals surface area contributed by atoms with Crippen LogP contribution < -0.4 is 0 Å². The number of hydrogen-bond acceptors (Lipinski definition) is 4. The van der Waals surface area contributed by atoms with Crippen LogP contribution in [0.1, 0.15) is 0 Å². The monoisotopic (exact) mass is 223 g/mol. The van der Waals surface area contributed by atoms with Crippen molar-refractivity contribution < 1.29 is 9.53 Å². The van der Waals surface area contributed by atoms with Gasteiger partial charge in [-0.25, -0.2) is 6.57 Å². The number of fused-ring (bicyclic) bond motifs is 3. The van der Waals surface area contributed by atoms with Gasteiger partial charge in [0, 0.05) is 38.8 Å². The molecule has 0 amide bonds. The number of piperazine rings is 3. The summed E-state index contributed by atoms with van der Waals surface area (Å²) in [5, 5.41) is 0. The van der Waals surface area contributed by atoms with Gasteiger partial charge in [0.05, 0.1) is 6.61 Å². The van der Waals surface area contributed by atoms with Crippen LogP contribution in [0.2, 0.25) is 0 Å². The average molecular weight is 223 g/mol. The number of Topliss-reactive ketones (excluding diaryl/α,β-unsaturated/α-hetero) is 1. The van der Waals surface area contributed by atoms with E-state index in [1.807, 2.05) is 0 Å². The number of carbonyl (C=O) groups is 1. The Kier molecular flexibility index (Phi) is 3.88. The molecule has 2 bridgehead atoms. The van der Waals surface area contributed by atoms with E-state index < -0.39 is 0 Å². The predicted octanol–water partition coefficient (Wildman–Crippen LogP) is -0.509. The molecule has 3 aliphatic heterocycles. The Labute approximate surface area is 95.8 Å². The summed E-state index contributed by atoms with van der Waals surface area (Å²) in [6, 6.07) is 0.434. The average Bonchev–Trinajstić information content (AvgIpc) is 2.31. The number of hydrogen-bond donors (Lipinski definition) is 0. The Morgan fingerprint density at radius 1 is 1.38 bits per heavy atom. The molecule has 0 aromatic heterocycles. The SMILES string of the molecule is [C-]#[N+]CC(=O)COCC1CN2CCN1CC2. The third kappa shape index (κ3) is 2.79. The lowest BCUT2D eigenvalue weighted by molar-refractivity contribution is -0.123. The lowest BCUT2D eigenvalue weighted by Crippen LogP contribution is -2.62. The van der Waals surface area contributed by atoms with Crippen molar-refractivity contribution >= 4 is 5.78 Å². The standard InChI is InChI=1S/C11H17N3O2/c1-12-6-11(15)9-16-8-10-7-13-2-4-14(10)5-3-13/h10H,2-9H2. The lowest BCUT2D eigenvalue weighted by Gasteiger charge is -2.47. The summed E-state index contributed by atoms with van der Waals surface area (Å²) in [6.45, 7) is 12.8. The Balaban J connectivity index is 1.67. The quantitative estimate of drug-likeness (QED) is 0.588. The molecule has 3 rings (SSSR count). The fraction of sp³-hybridized carbons (Fsp3) is 0.818. The molecule has 1 atom stereocenters. The fourth-order valence-corrected chi connectivity index (χ4v) is 2.33. The van der Waals surface area contributed by atoms with Crippen molar-refractivity contribution in [3.63, 3.8) is 0 Å². The van der Waals surface area contributed by atoms with Crippen LogP contribution in [-0.2, 0) is 9.53 Å². The molecule has 3 heterocycles. The van der Waals surface area contributed by atoms with Gasteiger partial charge in [-0.15, -0.1) is 0 Å². The minimum Gasteiger partial charge on any atom is -0.372 e. The maximum Gasteiger partial charge on any atom is 0.274 e. The molecule has 0 aliphatic carbocycles. The summed E-state index contributed by atoms with van der Waals surface area (Å²) in [4.78, 5) is 19.0. The number of rotatable bonds is 5. The van der Waals surface area contributed by atoms with E-state index in [1.165, 1.54) is 0 Å². The molecule has 5 heteroatoms. The number of ether oxygens (including phenoxy) is 1. The van der Waals surface area contributed by atoms with Crippen molar-refractivity contribution in [1.82, 2.24) is 9.80 Å². The molecule has 0 radical (unpaired) electrons. The summed E-state index contributed by atoms with van der Waals surface area (Å²) in [5.74, 6) is -0.119. The molecule has 5 nitrogen and oxygen atoms in total. The van der Waals surface area contributed by atoms with Crippen LogP contribution in [0, 0.1) is 6.57 Å². The van der Waals surface area contributed by atoms with Gasteiger partial charge >= 0.3 is 0 Å². The molecular formula is C11H17N3O2. The second-order valence-corrected chi connectivity index (χ2v) is 4.36. The molecule has 3 fully saturated rings. The van der Waals surface area contributed by atoms with Gasteiger partial charge in [0.1, 0.15) is 6.61 Å². The molecular weight excluding hydrogens is 206 g/mol. The molecule has 1 unspecified atom stereocenters. The first kappa shape index (κ1) is 11.5. The topological polar surface area (TPSA) is 37.1 Å². The van der Waals surface area contributed by atoms with E-state index in [-0.39, 0.29) is 18.9 Å². The van der Waals surface area contributed by atoms with Gasteiger partial charge in [-0.05, 0) is 0 Å². The largest absolute Gasteiger partial charge is 0.372 e. The van der Waals surface area contributed by atoms with Gasteiger partial charge in [0.25, 0.3) is 6.54 Å². The highest BCUT2D eigenvalue weighted by molar-refractivity contribution is 5.82.